The Labute approximate surface area is 88.5 Å². The maximum atomic E-state index is 11.7. The van der Waals surface area contributed by atoms with Gasteiger partial charge in [-0.15, -0.1) is 0 Å². The largest absolute Gasteiger partial charge is 0.440 e. The molecule has 1 amide bonds. The first-order valence-corrected chi connectivity index (χ1v) is 4.26. The van der Waals surface area contributed by atoms with Crippen LogP contribution in [0.2, 0.25) is 0 Å². The molecule has 0 aliphatic heterocycles. The topological polar surface area (TPSA) is 64.4 Å². The van der Waals surface area contributed by atoms with E-state index in [0.29, 0.717) is 11.3 Å². The van der Waals surface area contributed by atoms with Crippen molar-refractivity contribution >= 4 is 6.09 Å². The quantitative estimate of drug-likeness (QED) is 0.871. The van der Waals surface area contributed by atoms with Crippen LogP contribution in [0.5, 0.6) is 0 Å². The van der Waals surface area contributed by atoms with Crippen LogP contribution in [0.25, 0.3) is 0 Å². The Kier molecular flexibility index (Phi) is 3.75. The third-order valence-electron chi connectivity index (χ3n) is 1.64. The van der Waals surface area contributed by atoms with Crippen molar-refractivity contribution in [2.45, 2.75) is 19.6 Å². The first kappa shape index (κ1) is 12.3. The SMILES string of the molecule is Cc1oncc1CNC(=O)OCC(F)(F)F. The van der Waals surface area contributed by atoms with Crippen molar-refractivity contribution < 1.29 is 27.2 Å². The summed E-state index contributed by atoms with van der Waals surface area (Å²) >= 11 is 0. The van der Waals surface area contributed by atoms with Crippen LogP contribution in [0.1, 0.15) is 11.3 Å². The first-order valence-electron chi connectivity index (χ1n) is 4.26. The minimum absolute atomic E-state index is 0.00598. The zero-order valence-corrected chi connectivity index (χ0v) is 8.30. The van der Waals surface area contributed by atoms with Gasteiger partial charge < -0.3 is 14.6 Å². The van der Waals surface area contributed by atoms with E-state index in [1.807, 2.05) is 0 Å². The molecule has 0 aliphatic rings. The van der Waals surface area contributed by atoms with Gasteiger partial charge in [0.25, 0.3) is 0 Å². The molecule has 0 spiro atoms. The van der Waals surface area contributed by atoms with Crippen molar-refractivity contribution in [1.29, 1.82) is 0 Å². The fourth-order valence-electron chi connectivity index (χ4n) is 0.854. The summed E-state index contributed by atoms with van der Waals surface area (Å²) in [5.74, 6) is 0.483. The smallest absolute Gasteiger partial charge is 0.422 e. The summed E-state index contributed by atoms with van der Waals surface area (Å²) in [5, 5.41) is 5.58. The highest BCUT2D eigenvalue weighted by Gasteiger charge is 2.29. The van der Waals surface area contributed by atoms with Crippen molar-refractivity contribution in [3.63, 3.8) is 0 Å². The summed E-state index contributed by atoms with van der Waals surface area (Å²) in [6.45, 7) is 0.0124. The van der Waals surface area contributed by atoms with E-state index < -0.39 is 18.9 Å². The van der Waals surface area contributed by atoms with Crippen molar-refractivity contribution in [2.24, 2.45) is 0 Å². The normalized spacial score (nSPS) is 11.2. The minimum atomic E-state index is -4.52. The van der Waals surface area contributed by atoms with Crippen LogP contribution in [-0.4, -0.2) is 24.0 Å². The number of alkyl carbamates (subject to hydrolysis) is 1. The maximum Gasteiger partial charge on any atom is 0.422 e. The minimum Gasteiger partial charge on any atom is -0.440 e. The number of hydrogen-bond donors (Lipinski definition) is 1. The number of ether oxygens (including phenoxy) is 1. The molecule has 1 N–H and O–H groups in total. The third-order valence-corrected chi connectivity index (χ3v) is 1.64. The van der Waals surface area contributed by atoms with Gasteiger partial charge in [0, 0.05) is 5.56 Å². The van der Waals surface area contributed by atoms with Crippen LogP contribution >= 0.6 is 0 Å². The second-order valence-corrected chi connectivity index (χ2v) is 2.95. The van der Waals surface area contributed by atoms with E-state index in [4.69, 9.17) is 0 Å². The lowest BCUT2D eigenvalue weighted by Gasteiger charge is -2.08. The summed E-state index contributed by atoms with van der Waals surface area (Å²) < 4.78 is 43.6. The molecule has 0 atom stereocenters. The molecule has 0 saturated heterocycles. The summed E-state index contributed by atoms with van der Waals surface area (Å²) in [7, 11) is 0. The highest BCUT2D eigenvalue weighted by Crippen LogP contribution is 2.14. The number of alkyl halides is 3. The third kappa shape index (κ3) is 4.20. The zero-order chi connectivity index (χ0) is 12.2. The molecule has 1 heterocycles. The number of carbonyl (C=O) groups is 1. The summed E-state index contributed by atoms with van der Waals surface area (Å²) in [6, 6.07) is 0. The van der Waals surface area contributed by atoms with Crippen molar-refractivity contribution in [2.75, 3.05) is 6.61 Å². The van der Waals surface area contributed by atoms with E-state index in [9.17, 15) is 18.0 Å². The molecule has 0 fully saturated rings. The predicted octanol–water partition coefficient (Wildman–Crippen LogP) is 1.77. The van der Waals surface area contributed by atoms with Gasteiger partial charge in [-0.3, -0.25) is 0 Å². The zero-order valence-electron chi connectivity index (χ0n) is 8.30. The number of hydrogen-bond acceptors (Lipinski definition) is 4. The molecule has 5 nitrogen and oxygen atoms in total. The van der Waals surface area contributed by atoms with Gasteiger partial charge in [0.05, 0.1) is 12.7 Å². The maximum absolute atomic E-state index is 11.7. The van der Waals surface area contributed by atoms with Gasteiger partial charge in [-0.2, -0.15) is 13.2 Å². The van der Waals surface area contributed by atoms with E-state index in [1.54, 1.807) is 6.92 Å². The monoisotopic (exact) mass is 238 g/mol. The number of aryl methyl sites for hydroxylation is 1. The number of carbonyl (C=O) groups excluding carboxylic acids is 1. The Bertz CT molecular complexity index is 362. The summed E-state index contributed by atoms with van der Waals surface area (Å²) in [4.78, 5) is 10.8. The standard InChI is InChI=1S/C8H9F3N2O3/c1-5-6(3-13-16-5)2-12-7(14)15-4-8(9,10)11/h3H,2,4H2,1H3,(H,12,14). The molecule has 8 heteroatoms. The molecule has 0 saturated carbocycles. The predicted molar refractivity (Wildman–Crippen MR) is 45.5 cm³/mol. The molecular weight excluding hydrogens is 229 g/mol. The van der Waals surface area contributed by atoms with Gasteiger partial charge in [-0.05, 0) is 6.92 Å². The molecule has 1 rings (SSSR count). The van der Waals surface area contributed by atoms with Gasteiger partial charge in [-0.25, -0.2) is 4.79 Å². The lowest BCUT2D eigenvalue weighted by atomic mass is 10.3. The van der Waals surface area contributed by atoms with E-state index in [0.717, 1.165) is 0 Å². The molecular formula is C8H9F3N2O3. The highest BCUT2D eigenvalue weighted by molar-refractivity contribution is 5.67. The van der Waals surface area contributed by atoms with Crippen LogP contribution < -0.4 is 5.32 Å². The molecule has 0 bridgehead atoms. The number of nitrogens with one attached hydrogen (secondary N) is 1. The summed E-state index contributed by atoms with van der Waals surface area (Å²) in [6.07, 6.45) is -4.30. The van der Waals surface area contributed by atoms with Gasteiger partial charge >= 0.3 is 12.3 Å². The van der Waals surface area contributed by atoms with Crippen LogP contribution in [0.15, 0.2) is 10.7 Å². The van der Waals surface area contributed by atoms with Crippen molar-refractivity contribution in [1.82, 2.24) is 10.5 Å². The van der Waals surface area contributed by atoms with E-state index in [-0.39, 0.29) is 6.54 Å². The lowest BCUT2D eigenvalue weighted by Crippen LogP contribution is -2.28. The average molecular weight is 238 g/mol. The second kappa shape index (κ2) is 4.86. The molecule has 1 aromatic heterocycles. The molecule has 0 aromatic carbocycles. The van der Waals surface area contributed by atoms with Crippen LogP contribution in [0.4, 0.5) is 18.0 Å². The average Bonchev–Trinajstić information content (AvgIpc) is 2.57. The Morgan fingerprint density at radius 2 is 2.31 bits per heavy atom. The van der Waals surface area contributed by atoms with Gasteiger partial charge in [0.15, 0.2) is 6.61 Å². The molecule has 0 unspecified atom stereocenters. The molecule has 16 heavy (non-hydrogen) atoms. The Morgan fingerprint density at radius 1 is 1.62 bits per heavy atom. The Hall–Kier alpha value is -1.73. The number of amides is 1. The van der Waals surface area contributed by atoms with Crippen LogP contribution in [-0.2, 0) is 11.3 Å². The fourth-order valence-corrected chi connectivity index (χ4v) is 0.854. The molecule has 0 radical (unpaired) electrons. The fraction of sp³-hybridized carbons (Fsp3) is 0.500. The number of rotatable bonds is 3. The number of halogens is 3. The summed E-state index contributed by atoms with van der Waals surface area (Å²) in [5.41, 5.74) is 0.573. The highest BCUT2D eigenvalue weighted by atomic mass is 19.4. The molecule has 90 valence electrons. The van der Waals surface area contributed by atoms with E-state index in [1.165, 1.54) is 6.20 Å². The van der Waals surface area contributed by atoms with Crippen LogP contribution in [0.3, 0.4) is 0 Å². The lowest BCUT2D eigenvalue weighted by molar-refractivity contribution is -0.160. The number of nitrogens with zero attached hydrogens (tertiary/aromatic N) is 1. The molecule has 0 aliphatic carbocycles. The second-order valence-electron chi connectivity index (χ2n) is 2.95. The number of aromatic nitrogens is 1. The van der Waals surface area contributed by atoms with E-state index >= 15 is 0 Å². The van der Waals surface area contributed by atoms with Crippen LogP contribution in [0, 0.1) is 6.92 Å². The molecule has 1 aromatic rings. The van der Waals surface area contributed by atoms with Crippen molar-refractivity contribution in [3.8, 4) is 0 Å². The Morgan fingerprint density at radius 3 is 2.81 bits per heavy atom. The first-order chi connectivity index (χ1) is 7.38. The van der Waals surface area contributed by atoms with E-state index in [2.05, 4.69) is 19.7 Å². The van der Waals surface area contributed by atoms with Gasteiger partial charge in [0.1, 0.15) is 5.76 Å². The van der Waals surface area contributed by atoms with Gasteiger partial charge in [0.2, 0.25) is 0 Å². The van der Waals surface area contributed by atoms with Crippen molar-refractivity contribution in [3.05, 3.63) is 17.5 Å². The van der Waals surface area contributed by atoms with Gasteiger partial charge in [-0.1, -0.05) is 5.16 Å². The Balaban J connectivity index is 2.29.